The molecule has 0 fully saturated rings. The van der Waals surface area contributed by atoms with Crippen LogP contribution in [0.1, 0.15) is 33.3 Å². The second-order valence-corrected chi connectivity index (χ2v) is 5.39. The Bertz CT molecular complexity index is 389. The van der Waals surface area contributed by atoms with Crippen LogP contribution >= 0.6 is 0 Å². The number of methoxy groups -OCH3 is 2. The predicted molar refractivity (Wildman–Crippen MR) is 68.6 cm³/mol. The van der Waals surface area contributed by atoms with E-state index in [-0.39, 0.29) is 5.41 Å². The monoisotopic (exact) mass is 238 g/mol. The van der Waals surface area contributed by atoms with Crippen LogP contribution in [-0.2, 0) is 5.60 Å². The van der Waals surface area contributed by atoms with Gasteiger partial charge in [0.2, 0.25) is 0 Å². The molecule has 0 radical (unpaired) electrons. The smallest absolute Gasteiger partial charge is 0.128 e. The second kappa shape index (κ2) is 4.57. The first-order chi connectivity index (χ1) is 7.74. The van der Waals surface area contributed by atoms with E-state index in [1.54, 1.807) is 27.2 Å². The Balaban J connectivity index is 3.31. The summed E-state index contributed by atoms with van der Waals surface area (Å²) in [5.41, 5.74) is -0.479. The highest BCUT2D eigenvalue weighted by molar-refractivity contribution is 5.44. The predicted octanol–water partition coefficient (Wildman–Crippen LogP) is 2.96. The van der Waals surface area contributed by atoms with E-state index in [9.17, 15) is 5.11 Å². The van der Waals surface area contributed by atoms with Gasteiger partial charge in [0.15, 0.2) is 0 Å². The Hall–Kier alpha value is -1.22. The van der Waals surface area contributed by atoms with E-state index in [2.05, 4.69) is 0 Å². The summed E-state index contributed by atoms with van der Waals surface area (Å²) in [5.74, 6) is 1.36. The number of benzene rings is 1. The van der Waals surface area contributed by atoms with Gasteiger partial charge >= 0.3 is 0 Å². The van der Waals surface area contributed by atoms with E-state index in [1.165, 1.54) is 0 Å². The van der Waals surface area contributed by atoms with Gasteiger partial charge in [0, 0.05) is 11.6 Å². The van der Waals surface area contributed by atoms with Crippen LogP contribution in [0.15, 0.2) is 18.2 Å². The lowest BCUT2D eigenvalue weighted by Crippen LogP contribution is -2.37. The molecule has 0 bridgehead atoms. The summed E-state index contributed by atoms with van der Waals surface area (Å²) in [4.78, 5) is 0. The van der Waals surface area contributed by atoms with Crippen molar-refractivity contribution < 1.29 is 14.6 Å². The van der Waals surface area contributed by atoms with Gasteiger partial charge in [0.05, 0.1) is 19.8 Å². The summed E-state index contributed by atoms with van der Waals surface area (Å²) in [7, 11) is 3.20. The van der Waals surface area contributed by atoms with Gasteiger partial charge in [-0.2, -0.15) is 0 Å². The number of ether oxygens (including phenoxy) is 2. The molecule has 3 heteroatoms. The molecule has 1 aromatic carbocycles. The molecule has 0 heterocycles. The lowest BCUT2D eigenvalue weighted by atomic mass is 9.73. The van der Waals surface area contributed by atoms with Gasteiger partial charge in [0.25, 0.3) is 0 Å². The molecule has 1 rings (SSSR count). The summed E-state index contributed by atoms with van der Waals surface area (Å²) in [6.07, 6.45) is 0. The first-order valence-electron chi connectivity index (χ1n) is 5.69. The van der Waals surface area contributed by atoms with Crippen LogP contribution in [0.3, 0.4) is 0 Å². The highest BCUT2D eigenvalue weighted by Crippen LogP contribution is 2.43. The van der Waals surface area contributed by atoms with Crippen molar-refractivity contribution >= 4 is 0 Å². The fraction of sp³-hybridized carbons (Fsp3) is 0.571. The topological polar surface area (TPSA) is 38.7 Å². The minimum Gasteiger partial charge on any atom is -0.497 e. The Morgan fingerprint density at radius 3 is 2.00 bits per heavy atom. The molecular formula is C14H22O3. The van der Waals surface area contributed by atoms with Crippen LogP contribution < -0.4 is 9.47 Å². The lowest BCUT2D eigenvalue weighted by molar-refractivity contribution is -0.0486. The first kappa shape index (κ1) is 13.8. The van der Waals surface area contributed by atoms with E-state index < -0.39 is 5.60 Å². The number of hydrogen-bond acceptors (Lipinski definition) is 3. The summed E-state index contributed by atoms with van der Waals surface area (Å²) in [5, 5.41) is 10.7. The quantitative estimate of drug-likeness (QED) is 0.880. The van der Waals surface area contributed by atoms with Crippen LogP contribution in [0.2, 0.25) is 0 Å². The molecule has 0 aromatic heterocycles. The van der Waals surface area contributed by atoms with E-state index in [0.717, 1.165) is 11.3 Å². The Kier molecular flexibility index (Phi) is 3.72. The van der Waals surface area contributed by atoms with Crippen LogP contribution in [0.25, 0.3) is 0 Å². The summed E-state index contributed by atoms with van der Waals surface area (Å²) < 4.78 is 10.5. The molecule has 96 valence electrons. The molecule has 0 aliphatic carbocycles. The van der Waals surface area contributed by atoms with Gasteiger partial charge in [0.1, 0.15) is 11.5 Å². The summed E-state index contributed by atoms with van der Waals surface area (Å²) in [6, 6.07) is 5.47. The Labute approximate surface area is 103 Å². The van der Waals surface area contributed by atoms with Crippen molar-refractivity contribution in [3.8, 4) is 11.5 Å². The van der Waals surface area contributed by atoms with Crippen molar-refractivity contribution in [2.24, 2.45) is 5.41 Å². The molecule has 0 amide bonds. The standard InChI is InChI=1S/C14H22O3/c1-13(2,3)14(4,15)11-8-7-10(16-5)9-12(11)17-6/h7-9,15H,1-6H3. The third-order valence-electron chi connectivity index (χ3n) is 3.39. The average molecular weight is 238 g/mol. The summed E-state index contributed by atoms with van der Waals surface area (Å²) >= 11 is 0. The molecule has 0 spiro atoms. The van der Waals surface area contributed by atoms with E-state index in [1.807, 2.05) is 32.9 Å². The Morgan fingerprint density at radius 2 is 1.59 bits per heavy atom. The molecule has 0 aliphatic heterocycles. The van der Waals surface area contributed by atoms with Gasteiger partial charge in [-0.1, -0.05) is 20.8 Å². The number of aliphatic hydroxyl groups is 1. The van der Waals surface area contributed by atoms with E-state index >= 15 is 0 Å². The fourth-order valence-electron chi connectivity index (χ4n) is 1.60. The molecule has 1 N–H and O–H groups in total. The van der Waals surface area contributed by atoms with E-state index in [0.29, 0.717) is 5.75 Å². The molecular weight excluding hydrogens is 216 g/mol. The molecule has 17 heavy (non-hydrogen) atoms. The van der Waals surface area contributed by atoms with Crippen LogP contribution in [0, 0.1) is 5.41 Å². The van der Waals surface area contributed by atoms with Crippen molar-refractivity contribution in [1.29, 1.82) is 0 Å². The maximum absolute atomic E-state index is 10.7. The molecule has 1 aromatic rings. The molecule has 0 saturated heterocycles. The third-order valence-corrected chi connectivity index (χ3v) is 3.39. The number of rotatable bonds is 3. The van der Waals surface area contributed by atoms with Crippen LogP contribution in [0.4, 0.5) is 0 Å². The first-order valence-corrected chi connectivity index (χ1v) is 5.69. The molecule has 0 aliphatic rings. The largest absolute Gasteiger partial charge is 0.497 e. The number of hydrogen-bond donors (Lipinski definition) is 1. The van der Waals surface area contributed by atoms with Crippen molar-refractivity contribution in [3.05, 3.63) is 23.8 Å². The van der Waals surface area contributed by atoms with Crippen LogP contribution in [0.5, 0.6) is 11.5 Å². The van der Waals surface area contributed by atoms with Gasteiger partial charge in [-0.05, 0) is 24.5 Å². The molecule has 0 saturated carbocycles. The van der Waals surface area contributed by atoms with Crippen molar-refractivity contribution in [2.45, 2.75) is 33.3 Å². The maximum atomic E-state index is 10.7. The van der Waals surface area contributed by atoms with Gasteiger partial charge < -0.3 is 14.6 Å². The minimum absolute atomic E-state index is 0.283. The van der Waals surface area contributed by atoms with Gasteiger partial charge in [-0.25, -0.2) is 0 Å². The van der Waals surface area contributed by atoms with Crippen molar-refractivity contribution in [1.82, 2.24) is 0 Å². The highest BCUT2D eigenvalue weighted by atomic mass is 16.5. The normalized spacial score (nSPS) is 15.2. The van der Waals surface area contributed by atoms with Crippen LogP contribution in [-0.4, -0.2) is 19.3 Å². The zero-order chi connectivity index (χ0) is 13.3. The zero-order valence-corrected chi connectivity index (χ0v) is 11.5. The third kappa shape index (κ3) is 2.55. The molecule has 1 atom stereocenters. The second-order valence-electron chi connectivity index (χ2n) is 5.39. The Morgan fingerprint density at radius 1 is 1.00 bits per heavy atom. The van der Waals surface area contributed by atoms with Gasteiger partial charge in [-0.15, -0.1) is 0 Å². The van der Waals surface area contributed by atoms with Crippen molar-refractivity contribution in [2.75, 3.05) is 14.2 Å². The zero-order valence-electron chi connectivity index (χ0n) is 11.5. The van der Waals surface area contributed by atoms with Gasteiger partial charge in [-0.3, -0.25) is 0 Å². The average Bonchev–Trinajstić information content (AvgIpc) is 2.26. The highest BCUT2D eigenvalue weighted by Gasteiger charge is 2.39. The lowest BCUT2D eigenvalue weighted by Gasteiger charge is -2.38. The summed E-state index contributed by atoms with van der Waals surface area (Å²) in [6.45, 7) is 7.79. The minimum atomic E-state index is -0.968. The maximum Gasteiger partial charge on any atom is 0.128 e. The molecule has 3 nitrogen and oxygen atoms in total. The molecule has 1 unspecified atom stereocenters. The van der Waals surface area contributed by atoms with E-state index in [4.69, 9.17) is 9.47 Å². The SMILES string of the molecule is COc1ccc(C(C)(O)C(C)(C)C)c(OC)c1. The fourth-order valence-corrected chi connectivity index (χ4v) is 1.60. The van der Waals surface area contributed by atoms with Crippen molar-refractivity contribution in [3.63, 3.8) is 0 Å².